The average Bonchev–Trinajstić information content (AvgIpc) is 3.14. The Labute approximate surface area is 125 Å². The molecule has 1 aromatic carbocycles. The van der Waals surface area contributed by atoms with Crippen molar-refractivity contribution in [3.05, 3.63) is 36.0 Å². The number of nitrogens with one attached hydrogen (secondary N) is 1. The van der Waals surface area contributed by atoms with Crippen LogP contribution in [0.1, 0.15) is 31.9 Å². The van der Waals surface area contributed by atoms with E-state index in [4.69, 9.17) is 9.26 Å². The first kappa shape index (κ1) is 14.1. The molecule has 2 unspecified atom stereocenters. The Morgan fingerprint density at radius 2 is 2.24 bits per heavy atom. The maximum atomic E-state index is 5.44. The normalized spacial score (nSPS) is 21.6. The van der Waals surface area contributed by atoms with Gasteiger partial charge in [-0.1, -0.05) is 24.2 Å². The zero-order valence-electron chi connectivity index (χ0n) is 12.6. The highest BCUT2D eigenvalue weighted by atomic mass is 16.5. The molecule has 4 heteroatoms. The van der Waals surface area contributed by atoms with Crippen molar-refractivity contribution in [2.45, 2.75) is 38.8 Å². The van der Waals surface area contributed by atoms with Gasteiger partial charge in [-0.05, 0) is 37.3 Å². The maximum Gasteiger partial charge on any atom is 0.167 e. The van der Waals surface area contributed by atoms with Gasteiger partial charge in [0.15, 0.2) is 5.76 Å². The van der Waals surface area contributed by atoms with Crippen molar-refractivity contribution in [1.29, 1.82) is 0 Å². The van der Waals surface area contributed by atoms with E-state index in [1.165, 1.54) is 19.3 Å². The van der Waals surface area contributed by atoms with Crippen molar-refractivity contribution in [2.24, 2.45) is 5.92 Å². The molecule has 1 aromatic heterocycles. The third kappa shape index (κ3) is 3.45. The minimum atomic E-state index is 0.622. The van der Waals surface area contributed by atoms with Crippen molar-refractivity contribution in [1.82, 2.24) is 10.5 Å². The third-order valence-corrected chi connectivity index (χ3v) is 4.18. The predicted molar refractivity (Wildman–Crippen MR) is 82.1 cm³/mol. The largest absolute Gasteiger partial charge is 0.497 e. The Kier molecular flexibility index (Phi) is 4.25. The number of benzene rings is 1. The van der Waals surface area contributed by atoms with E-state index in [1.54, 1.807) is 7.11 Å². The lowest BCUT2D eigenvalue weighted by Gasteiger charge is -2.10. The standard InChI is InChI=1S/C17H22N2O2/c1-12-6-7-14(8-12)18-11-15-10-17(21-19-15)13-4-3-5-16(9-13)20-2/h3-5,9-10,12,14,18H,6-8,11H2,1-2H3. The molecule has 0 saturated heterocycles. The topological polar surface area (TPSA) is 47.3 Å². The highest BCUT2D eigenvalue weighted by Gasteiger charge is 2.20. The van der Waals surface area contributed by atoms with Crippen LogP contribution in [-0.4, -0.2) is 18.3 Å². The fourth-order valence-corrected chi connectivity index (χ4v) is 2.95. The van der Waals surface area contributed by atoms with Gasteiger partial charge in [0.1, 0.15) is 5.75 Å². The van der Waals surface area contributed by atoms with E-state index in [0.29, 0.717) is 6.04 Å². The van der Waals surface area contributed by atoms with Crippen molar-refractivity contribution < 1.29 is 9.26 Å². The zero-order chi connectivity index (χ0) is 14.7. The van der Waals surface area contributed by atoms with Crippen LogP contribution in [0.15, 0.2) is 34.9 Å². The summed E-state index contributed by atoms with van der Waals surface area (Å²) in [6.07, 6.45) is 3.86. The second kappa shape index (κ2) is 6.31. The smallest absolute Gasteiger partial charge is 0.167 e. The first-order valence-corrected chi connectivity index (χ1v) is 7.58. The fraction of sp³-hybridized carbons (Fsp3) is 0.471. The molecule has 1 aliphatic carbocycles. The van der Waals surface area contributed by atoms with Gasteiger partial charge >= 0.3 is 0 Å². The van der Waals surface area contributed by atoms with Gasteiger partial charge in [0, 0.05) is 24.2 Å². The van der Waals surface area contributed by atoms with Crippen LogP contribution in [0.4, 0.5) is 0 Å². The highest BCUT2D eigenvalue weighted by Crippen LogP contribution is 2.26. The Morgan fingerprint density at radius 3 is 3.00 bits per heavy atom. The molecule has 0 aliphatic heterocycles. The second-order valence-corrected chi connectivity index (χ2v) is 5.91. The summed E-state index contributed by atoms with van der Waals surface area (Å²) in [6, 6.07) is 10.4. The number of nitrogens with zero attached hydrogens (tertiary/aromatic N) is 1. The summed E-state index contributed by atoms with van der Waals surface area (Å²) >= 11 is 0. The third-order valence-electron chi connectivity index (χ3n) is 4.18. The molecule has 0 radical (unpaired) electrons. The molecule has 1 aliphatic rings. The van der Waals surface area contributed by atoms with Crippen LogP contribution >= 0.6 is 0 Å². The molecule has 0 spiro atoms. The highest BCUT2D eigenvalue weighted by molar-refractivity contribution is 5.59. The predicted octanol–water partition coefficient (Wildman–Crippen LogP) is 3.63. The molecule has 2 aromatic rings. The minimum absolute atomic E-state index is 0.622. The van der Waals surface area contributed by atoms with Crippen molar-refractivity contribution in [3.8, 4) is 17.1 Å². The van der Waals surface area contributed by atoms with Crippen LogP contribution in [0.2, 0.25) is 0 Å². The summed E-state index contributed by atoms with van der Waals surface area (Å²) in [5.74, 6) is 2.45. The molecule has 1 N–H and O–H groups in total. The number of hydrogen-bond donors (Lipinski definition) is 1. The summed E-state index contributed by atoms with van der Waals surface area (Å²) in [5, 5.41) is 7.72. The van der Waals surface area contributed by atoms with Crippen LogP contribution in [0.5, 0.6) is 5.75 Å². The second-order valence-electron chi connectivity index (χ2n) is 5.91. The molecule has 1 fully saturated rings. The lowest BCUT2D eigenvalue weighted by Crippen LogP contribution is -2.25. The lowest BCUT2D eigenvalue weighted by molar-refractivity contribution is 0.409. The molecule has 1 saturated carbocycles. The quantitative estimate of drug-likeness (QED) is 0.911. The lowest BCUT2D eigenvalue weighted by atomic mass is 10.1. The van der Waals surface area contributed by atoms with Gasteiger partial charge < -0.3 is 14.6 Å². The number of ether oxygens (including phenoxy) is 1. The molecule has 0 bridgehead atoms. The van der Waals surface area contributed by atoms with Crippen LogP contribution in [0.25, 0.3) is 11.3 Å². The molecule has 112 valence electrons. The molecule has 2 atom stereocenters. The first-order chi connectivity index (χ1) is 10.2. The van der Waals surface area contributed by atoms with Crippen LogP contribution in [-0.2, 0) is 6.54 Å². The Balaban J connectivity index is 1.63. The van der Waals surface area contributed by atoms with Crippen molar-refractivity contribution >= 4 is 0 Å². The van der Waals surface area contributed by atoms with Gasteiger partial charge in [0.2, 0.25) is 0 Å². The van der Waals surface area contributed by atoms with E-state index in [-0.39, 0.29) is 0 Å². The van der Waals surface area contributed by atoms with E-state index in [2.05, 4.69) is 17.4 Å². The minimum Gasteiger partial charge on any atom is -0.497 e. The van der Waals surface area contributed by atoms with E-state index >= 15 is 0 Å². The molecule has 4 nitrogen and oxygen atoms in total. The van der Waals surface area contributed by atoms with E-state index in [9.17, 15) is 0 Å². The Bertz CT molecular complexity index is 594. The van der Waals surface area contributed by atoms with Crippen molar-refractivity contribution in [2.75, 3.05) is 7.11 Å². The van der Waals surface area contributed by atoms with Gasteiger partial charge in [-0.2, -0.15) is 0 Å². The first-order valence-electron chi connectivity index (χ1n) is 7.58. The molecule has 0 amide bonds. The van der Waals surface area contributed by atoms with Crippen LogP contribution < -0.4 is 10.1 Å². The average molecular weight is 286 g/mol. The summed E-state index contributed by atoms with van der Waals surface area (Å²) in [4.78, 5) is 0. The summed E-state index contributed by atoms with van der Waals surface area (Å²) < 4.78 is 10.7. The number of hydrogen-bond acceptors (Lipinski definition) is 4. The molecule has 21 heavy (non-hydrogen) atoms. The molecule has 1 heterocycles. The number of rotatable bonds is 5. The Hall–Kier alpha value is -1.81. The van der Waals surface area contributed by atoms with Crippen molar-refractivity contribution in [3.63, 3.8) is 0 Å². The van der Waals surface area contributed by atoms with E-state index in [1.807, 2.05) is 30.3 Å². The van der Waals surface area contributed by atoms with Gasteiger partial charge in [-0.25, -0.2) is 0 Å². The number of methoxy groups -OCH3 is 1. The maximum absolute atomic E-state index is 5.44. The fourth-order valence-electron chi connectivity index (χ4n) is 2.95. The van der Waals surface area contributed by atoms with Gasteiger partial charge in [0.05, 0.1) is 12.8 Å². The Morgan fingerprint density at radius 1 is 1.33 bits per heavy atom. The van der Waals surface area contributed by atoms with Gasteiger partial charge in [0.25, 0.3) is 0 Å². The zero-order valence-corrected chi connectivity index (χ0v) is 12.6. The van der Waals surface area contributed by atoms with E-state index < -0.39 is 0 Å². The summed E-state index contributed by atoms with van der Waals surface area (Å²) in [5.41, 5.74) is 1.94. The number of aromatic nitrogens is 1. The monoisotopic (exact) mass is 286 g/mol. The van der Waals surface area contributed by atoms with Gasteiger partial charge in [-0.3, -0.25) is 0 Å². The molecule has 3 rings (SSSR count). The molecular formula is C17H22N2O2. The van der Waals surface area contributed by atoms with Crippen LogP contribution in [0.3, 0.4) is 0 Å². The molecular weight excluding hydrogens is 264 g/mol. The SMILES string of the molecule is COc1cccc(-c2cc(CNC3CCC(C)C3)no2)c1. The van der Waals surface area contributed by atoms with E-state index in [0.717, 1.165) is 35.2 Å². The van der Waals surface area contributed by atoms with Crippen LogP contribution in [0, 0.1) is 5.92 Å². The summed E-state index contributed by atoms with van der Waals surface area (Å²) in [7, 11) is 1.66. The summed E-state index contributed by atoms with van der Waals surface area (Å²) in [6.45, 7) is 3.09. The van der Waals surface area contributed by atoms with Gasteiger partial charge in [-0.15, -0.1) is 0 Å².